The Labute approximate surface area is 142 Å². The summed E-state index contributed by atoms with van der Waals surface area (Å²) in [6, 6.07) is 7.93. The molecule has 2 rings (SSSR count). The summed E-state index contributed by atoms with van der Waals surface area (Å²) in [6.07, 6.45) is 0.590. The fourth-order valence-corrected chi connectivity index (χ4v) is 4.42. The zero-order chi connectivity index (χ0) is 18.0. The second-order valence-electron chi connectivity index (χ2n) is 6.88. The van der Waals surface area contributed by atoms with Crippen LogP contribution in [0.5, 0.6) is 0 Å². The number of rotatable bonds is 2. The summed E-state index contributed by atoms with van der Waals surface area (Å²) in [5.74, 6) is 0. The first-order chi connectivity index (χ1) is 11.1. The lowest BCUT2D eigenvalue weighted by molar-refractivity contribution is 0.0219. The first-order valence-corrected chi connectivity index (χ1v) is 9.40. The van der Waals surface area contributed by atoms with Gasteiger partial charge in [0.05, 0.1) is 21.8 Å². The quantitative estimate of drug-likeness (QED) is 0.818. The van der Waals surface area contributed by atoms with Crippen LogP contribution >= 0.6 is 0 Å². The second kappa shape index (κ2) is 6.81. The maximum absolute atomic E-state index is 12.8. The topological polar surface area (TPSA) is 87.5 Å². The largest absolute Gasteiger partial charge is 0.444 e. The van der Waals surface area contributed by atoms with Gasteiger partial charge in [0.25, 0.3) is 0 Å². The van der Waals surface area contributed by atoms with Gasteiger partial charge in [-0.1, -0.05) is 6.07 Å². The van der Waals surface area contributed by atoms with Crippen LogP contribution in [0.2, 0.25) is 0 Å². The molecule has 1 aliphatic heterocycles. The second-order valence-corrected chi connectivity index (χ2v) is 9.10. The summed E-state index contributed by atoms with van der Waals surface area (Å²) in [6.45, 7) is 5.91. The minimum Gasteiger partial charge on any atom is -0.444 e. The SMILES string of the molecule is CC(C)(C)OC(=O)N1CCCC(S(=O)(=O)c2cccc(C#N)c2)C1. The summed E-state index contributed by atoms with van der Waals surface area (Å²) < 4.78 is 31.0. The van der Waals surface area contributed by atoms with Crippen LogP contribution in [0.15, 0.2) is 29.2 Å². The molecule has 0 N–H and O–H groups in total. The third kappa shape index (κ3) is 4.26. The van der Waals surface area contributed by atoms with Crippen molar-refractivity contribution >= 4 is 15.9 Å². The molecule has 1 aromatic rings. The van der Waals surface area contributed by atoms with Gasteiger partial charge in [-0.2, -0.15) is 5.26 Å². The number of sulfone groups is 1. The summed E-state index contributed by atoms with van der Waals surface area (Å²) >= 11 is 0. The maximum Gasteiger partial charge on any atom is 0.410 e. The van der Waals surface area contributed by atoms with E-state index in [1.807, 2.05) is 6.07 Å². The zero-order valence-electron chi connectivity index (χ0n) is 14.2. The smallest absolute Gasteiger partial charge is 0.410 e. The third-order valence-corrected chi connectivity index (χ3v) is 5.93. The van der Waals surface area contributed by atoms with E-state index in [1.165, 1.54) is 17.0 Å². The highest BCUT2D eigenvalue weighted by Gasteiger charge is 2.35. The summed E-state index contributed by atoms with van der Waals surface area (Å²) in [5.41, 5.74) is -0.319. The van der Waals surface area contributed by atoms with Crippen molar-refractivity contribution in [3.8, 4) is 6.07 Å². The first-order valence-electron chi connectivity index (χ1n) is 7.85. The molecule has 1 amide bonds. The van der Waals surface area contributed by atoms with Gasteiger partial charge >= 0.3 is 6.09 Å². The number of carbonyl (C=O) groups is 1. The van der Waals surface area contributed by atoms with Gasteiger partial charge in [0.15, 0.2) is 9.84 Å². The molecule has 6 nitrogen and oxygen atoms in total. The molecule has 1 aromatic carbocycles. The molecule has 24 heavy (non-hydrogen) atoms. The number of amides is 1. The van der Waals surface area contributed by atoms with Crippen molar-refractivity contribution in [1.29, 1.82) is 5.26 Å². The summed E-state index contributed by atoms with van der Waals surface area (Å²) in [7, 11) is -3.61. The number of hydrogen-bond acceptors (Lipinski definition) is 5. The number of carbonyl (C=O) groups excluding carboxylic acids is 1. The molecule has 0 bridgehead atoms. The lowest BCUT2D eigenvalue weighted by Crippen LogP contribution is -2.47. The van der Waals surface area contributed by atoms with Crippen LogP contribution < -0.4 is 0 Å². The van der Waals surface area contributed by atoms with E-state index in [0.29, 0.717) is 24.9 Å². The molecule has 0 aromatic heterocycles. The molecular weight excluding hydrogens is 328 g/mol. The maximum atomic E-state index is 12.8. The molecule has 7 heteroatoms. The fourth-order valence-electron chi connectivity index (χ4n) is 2.62. The Hall–Kier alpha value is -2.07. The summed E-state index contributed by atoms with van der Waals surface area (Å²) in [5, 5.41) is 8.26. The molecule has 1 atom stereocenters. The highest BCUT2D eigenvalue weighted by Crippen LogP contribution is 2.25. The lowest BCUT2D eigenvalue weighted by Gasteiger charge is -2.33. The minimum absolute atomic E-state index is 0.105. The summed E-state index contributed by atoms with van der Waals surface area (Å²) in [4.78, 5) is 13.8. The first kappa shape index (κ1) is 18.3. The van der Waals surface area contributed by atoms with Crippen LogP contribution in [-0.2, 0) is 14.6 Å². The highest BCUT2D eigenvalue weighted by atomic mass is 32.2. The number of piperidine rings is 1. The number of benzene rings is 1. The van der Waals surface area contributed by atoms with Gasteiger partial charge < -0.3 is 9.64 Å². The van der Waals surface area contributed by atoms with Gasteiger partial charge in [-0.05, 0) is 51.8 Å². The van der Waals surface area contributed by atoms with Gasteiger partial charge in [0, 0.05) is 13.1 Å². The molecule has 130 valence electrons. The van der Waals surface area contributed by atoms with Crippen molar-refractivity contribution in [2.45, 2.75) is 49.4 Å². The van der Waals surface area contributed by atoms with Crippen molar-refractivity contribution in [1.82, 2.24) is 4.90 Å². The van der Waals surface area contributed by atoms with E-state index >= 15 is 0 Å². The van der Waals surface area contributed by atoms with Crippen molar-refractivity contribution < 1.29 is 17.9 Å². The van der Waals surface area contributed by atoms with Crippen molar-refractivity contribution in [3.05, 3.63) is 29.8 Å². The van der Waals surface area contributed by atoms with Crippen LogP contribution in [0, 0.1) is 11.3 Å². The molecule has 0 radical (unpaired) electrons. The molecular formula is C17H22N2O4S. The Kier molecular flexibility index (Phi) is 5.19. The molecule has 1 unspecified atom stereocenters. The minimum atomic E-state index is -3.61. The molecule has 1 aliphatic rings. The average Bonchev–Trinajstić information content (AvgIpc) is 2.53. The van der Waals surface area contributed by atoms with Crippen LogP contribution in [0.25, 0.3) is 0 Å². The van der Waals surface area contributed by atoms with Gasteiger partial charge in [-0.3, -0.25) is 0 Å². The fraction of sp³-hybridized carbons (Fsp3) is 0.529. The number of nitriles is 1. The van der Waals surface area contributed by atoms with E-state index < -0.39 is 26.8 Å². The number of ether oxygens (including phenoxy) is 1. The molecule has 1 fully saturated rings. The van der Waals surface area contributed by atoms with Crippen LogP contribution in [0.3, 0.4) is 0 Å². The molecule has 1 heterocycles. The van der Waals surface area contributed by atoms with Crippen molar-refractivity contribution in [3.63, 3.8) is 0 Å². The van der Waals surface area contributed by atoms with Crippen LogP contribution in [0.4, 0.5) is 4.79 Å². The zero-order valence-corrected chi connectivity index (χ0v) is 15.0. The van der Waals surface area contributed by atoms with E-state index in [0.717, 1.165) is 0 Å². The Morgan fingerprint density at radius 3 is 2.71 bits per heavy atom. The predicted octanol–water partition coefficient (Wildman–Crippen LogP) is 2.73. The van der Waals surface area contributed by atoms with Crippen LogP contribution in [-0.4, -0.2) is 43.4 Å². The lowest BCUT2D eigenvalue weighted by atomic mass is 10.1. The Balaban J connectivity index is 2.19. The third-order valence-electron chi connectivity index (χ3n) is 3.76. The van der Waals surface area contributed by atoms with Gasteiger partial charge in [-0.25, -0.2) is 13.2 Å². The van der Waals surface area contributed by atoms with E-state index in [9.17, 15) is 13.2 Å². The Morgan fingerprint density at radius 1 is 1.38 bits per heavy atom. The molecule has 0 saturated carbocycles. The predicted molar refractivity (Wildman–Crippen MR) is 89.2 cm³/mol. The number of likely N-dealkylation sites (tertiary alicyclic amines) is 1. The highest BCUT2D eigenvalue weighted by molar-refractivity contribution is 7.92. The molecule has 1 saturated heterocycles. The number of hydrogen-bond donors (Lipinski definition) is 0. The Morgan fingerprint density at radius 2 is 2.08 bits per heavy atom. The molecule has 0 spiro atoms. The monoisotopic (exact) mass is 350 g/mol. The van der Waals surface area contributed by atoms with Crippen molar-refractivity contribution in [2.24, 2.45) is 0 Å². The van der Waals surface area contributed by atoms with E-state index in [2.05, 4.69) is 0 Å². The van der Waals surface area contributed by atoms with E-state index in [4.69, 9.17) is 10.00 Å². The van der Waals surface area contributed by atoms with E-state index in [1.54, 1.807) is 32.9 Å². The Bertz CT molecular complexity index is 760. The van der Waals surface area contributed by atoms with Gasteiger partial charge in [0.1, 0.15) is 5.60 Å². The average molecular weight is 350 g/mol. The van der Waals surface area contributed by atoms with Gasteiger partial charge in [0.2, 0.25) is 0 Å². The standard InChI is InChI=1S/C17H22N2O4S/c1-17(2,3)23-16(20)19-9-5-8-15(12-19)24(21,22)14-7-4-6-13(10-14)11-18/h4,6-7,10,15H,5,8-9,12H2,1-3H3. The van der Waals surface area contributed by atoms with Gasteiger partial charge in [-0.15, -0.1) is 0 Å². The van der Waals surface area contributed by atoms with Crippen LogP contribution in [0.1, 0.15) is 39.2 Å². The van der Waals surface area contributed by atoms with E-state index in [-0.39, 0.29) is 11.4 Å². The number of nitrogens with zero attached hydrogens (tertiary/aromatic N) is 2. The molecule has 0 aliphatic carbocycles. The normalized spacial score (nSPS) is 18.8. The van der Waals surface area contributed by atoms with Crippen molar-refractivity contribution in [2.75, 3.05) is 13.1 Å².